The lowest BCUT2D eigenvalue weighted by atomic mass is 10.2. The first-order valence-corrected chi connectivity index (χ1v) is 9.25. The number of primary sulfonamides is 1. The molecule has 0 unspecified atom stereocenters. The summed E-state index contributed by atoms with van der Waals surface area (Å²) in [6.07, 6.45) is 1.28. The molecule has 0 fully saturated rings. The molecule has 0 saturated carbocycles. The number of nitriles is 1. The van der Waals surface area contributed by atoms with Gasteiger partial charge in [0.05, 0.1) is 15.6 Å². The normalized spacial score (nSPS) is 11.5. The number of hydrogen-bond acceptors (Lipinski definition) is 5. The van der Waals surface area contributed by atoms with Gasteiger partial charge in [-0.1, -0.05) is 35.9 Å². The second-order valence-corrected chi connectivity index (χ2v) is 7.14. The number of anilines is 1. The molecule has 26 heavy (non-hydrogen) atoms. The van der Waals surface area contributed by atoms with Crippen LogP contribution < -0.4 is 15.8 Å². The Balaban J connectivity index is 2.00. The van der Waals surface area contributed by atoms with Crippen LogP contribution in [-0.2, 0) is 21.4 Å². The monoisotopic (exact) mass is 390 g/mol. The molecule has 0 radical (unpaired) electrons. The number of halogens is 1. The van der Waals surface area contributed by atoms with E-state index >= 15 is 0 Å². The number of benzene rings is 2. The van der Waals surface area contributed by atoms with E-state index in [-0.39, 0.29) is 17.0 Å². The Labute approximate surface area is 156 Å². The van der Waals surface area contributed by atoms with Crippen molar-refractivity contribution in [1.29, 1.82) is 5.26 Å². The van der Waals surface area contributed by atoms with Crippen molar-refractivity contribution in [3.63, 3.8) is 0 Å². The second kappa shape index (κ2) is 8.49. The van der Waals surface area contributed by atoms with Crippen LogP contribution >= 0.6 is 11.6 Å². The van der Waals surface area contributed by atoms with Crippen LogP contribution in [0.15, 0.2) is 65.2 Å². The van der Waals surface area contributed by atoms with Gasteiger partial charge in [0.2, 0.25) is 10.0 Å². The van der Waals surface area contributed by atoms with Gasteiger partial charge in [-0.15, -0.1) is 0 Å². The minimum atomic E-state index is -3.74. The summed E-state index contributed by atoms with van der Waals surface area (Å²) in [6.45, 7) is 0.287. The van der Waals surface area contributed by atoms with E-state index < -0.39 is 15.9 Å². The van der Waals surface area contributed by atoms with Crippen LogP contribution in [0.3, 0.4) is 0 Å². The van der Waals surface area contributed by atoms with Crippen LogP contribution in [0.5, 0.6) is 0 Å². The zero-order valence-electron chi connectivity index (χ0n) is 13.4. The quantitative estimate of drug-likeness (QED) is 0.514. The van der Waals surface area contributed by atoms with E-state index in [2.05, 4.69) is 10.6 Å². The number of nitrogens with zero attached hydrogens (tertiary/aromatic N) is 1. The summed E-state index contributed by atoms with van der Waals surface area (Å²) in [5.74, 6) is -0.599. The van der Waals surface area contributed by atoms with Crippen molar-refractivity contribution in [2.45, 2.75) is 11.4 Å². The Morgan fingerprint density at radius 3 is 2.42 bits per heavy atom. The predicted octanol–water partition coefficient (Wildman–Crippen LogP) is 2.12. The first kappa shape index (κ1) is 19.5. The Morgan fingerprint density at radius 1 is 1.19 bits per heavy atom. The predicted molar refractivity (Wildman–Crippen MR) is 98.4 cm³/mol. The largest absolute Gasteiger partial charge is 0.386 e. The lowest BCUT2D eigenvalue weighted by molar-refractivity contribution is -0.112. The van der Waals surface area contributed by atoms with Crippen molar-refractivity contribution in [2.24, 2.45) is 5.14 Å². The maximum atomic E-state index is 12.1. The lowest BCUT2D eigenvalue weighted by Gasteiger charge is -2.07. The van der Waals surface area contributed by atoms with Gasteiger partial charge in [0.25, 0.3) is 5.91 Å². The van der Waals surface area contributed by atoms with Gasteiger partial charge in [0.1, 0.15) is 11.6 Å². The summed E-state index contributed by atoms with van der Waals surface area (Å²) in [5, 5.41) is 19.9. The van der Waals surface area contributed by atoms with Gasteiger partial charge < -0.3 is 10.6 Å². The highest BCUT2D eigenvalue weighted by atomic mass is 35.5. The number of nitrogens with one attached hydrogen (secondary N) is 2. The standard InChI is InChI=1S/C17H15ClN4O3S/c18-15-3-1-2-4-16(15)22-17(23)13(9-19)11-21-10-12-5-7-14(8-6-12)26(20,24)25/h1-8,11,21H,10H2,(H,22,23)(H2,20,24,25)/b13-11-. The van der Waals surface area contributed by atoms with Gasteiger partial charge in [-0.25, -0.2) is 13.6 Å². The molecule has 0 atom stereocenters. The molecule has 1 amide bonds. The van der Waals surface area contributed by atoms with Crippen molar-refractivity contribution in [2.75, 3.05) is 5.32 Å². The van der Waals surface area contributed by atoms with E-state index in [1.165, 1.54) is 18.3 Å². The molecule has 7 nitrogen and oxygen atoms in total. The van der Waals surface area contributed by atoms with Crippen LogP contribution in [0.1, 0.15) is 5.56 Å². The molecule has 9 heteroatoms. The minimum absolute atomic E-state index is 0.00798. The molecule has 2 aromatic carbocycles. The third kappa shape index (κ3) is 5.32. The van der Waals surface area contributed by atoms with Crippen LogP contribution in [-0.4, -0.2) is 14.3 Å². The smallest absolute Gasteiger partial charge is 0.267 e. The van der Waals surface area contributed by atoms with Gasteiger partial charge in [0.15, 0.2) is 0 Å². The van der Waals surface area contributed by atoms with Gasteiger partial charge in [0, 0.05) is 12.7 Å². The van der Waals surface area contributed by atoms with E-state index in [1.54, 1.807) is 42.5 Å². The highest BCUT2D eigenvalue weighted by Crippen LogP contribution is 2.20. The molecule has 0 aliphatic rings. The Hall–Kier alpha value is -2.86. The molecule has 0 spiro atoms. The van der Waals surface area contributed by atoms with Gasteiger partial charge in [-0.2, -0.15) is 5.26 Å². The number of rotatable bonds is 6. The van der Waals surface area contributed by atoms with Gasteiger partial charge >= 0.3 is 0 Å². The van der Waals surface area contributed by atoms with E-state index in [1.807, 2.05) is 0 Å². The highest BCUT2D eigenvalue weighted by Gasteiger charge is 2.11. The second-order valence-electron chi connectivity index (χ2n) is 5.17. The molecule has 134 valence electrons. The number of para-hydroxylation sites is 1. The van der Waals surface area contributed by atoms with Crippen molar-refractivity contribution in [1.82, 2.24) is 5.32 Å². The molecule has 0 bridgehead atoms. The molecule has 2 rings (SSSR count). The molecular formula is C17H15ClN4O3S. The third-order valence-electron chi connectivity index (χ3n) is 3.29. The average molecular weight is 391 g/mol. The molecule has 0 aliphatic carbocycles. The first-order valence-electron chi connectivity index (χ1n) is 7.32. The van der Waals surface area contributed by atoms with Crippen LogP contribution in [0.25, 0.3) is 0 Å². The van der Waals surface area contributed by atoms with E-state index in [9.17, 15) is 13.2 Å². The fourth-order valence-electron chi connectivity index (χ4n) is 1.97. The number of nitrogens with two attached hydrogens (primary N) is 1. The van der Waals surface area contributed by atoms with Gasteiger partial charge in [-0.3, -0.25) is 4.79 Å². The Bertz CT molecular complexity index is 980. The Morgan fingerprint density at radius 2 is 1.85 bits per heavy atom. The van der Waals surface area contributed by atoms with E-state index in [4.69, 9.17) is 22.0 Å². The molecule has 0 saturated heterocycles. The lowest BCUT2D eigenvalue weighted by Crippen LogP contribution is -2.17. The summed E-state index contributed by atoms with van der Waals surface area (Å²) in [5.41, 5.74) is 1.02. The fraction of sp³-hybridized carbons (Fsp3) is 0.0588. The third-order valence-corrected chi connectivity index (χ3v) is 4.55. The first-order chi connectivity index (χ1) is 12.3. The van der Waals surface area contributed by atoms with Crippen molar-refractivity contribution in [3.8, 4) is 6.07 Å². The molecular weight excluding hydrogens is 376 g/mol. The number of hydrogen-bond donors (Lipinski definition) is 3. The molecule has 0 aliphatic heterocycles. The number of carbonyl (C=O) groups excluding carboxylic acids is 1. The van der Waals surface area contributed by atoms with Crippen molar-refractivity contribution in [3.05, 3.63) is 70.9 Å². The zero-order chi connectivity index (χ0) is 19.2. The van der Waals surface area contributed by atoms with Crippen LogP contribution in [0, 0.1) is 11.3 Å². The topological polar surface area (TPSA) is 125 Å². The van der Waals surface area contributed by atoms with Crippen molar-refractivity contribution < 1.29 is 13.2 Å². The summed E-state index contributed by atoms with van der Waals surface area (Å²) < 4.78 is 22.4. The Kier molecular flexibility index (Phi) is 6.36. The van der Waals surface area contributed by atoms with E-state index in [0.717, 1.165) is 5.56 Å². The minimum Gasteiger partial charge on any atom is -0.386 e. The fourth-order valence-corrected chi connectivity index (χ4v) is 2.67. The number of amides is 1. The zero-order valence-corrected chi connectivity index (χ0v) is 15.0. The molecule has 0 heterocycles. The van der Waals surface area contributed by atoms with E-state index in [0.29, 0.717) is 10.7 Å². The number of carbonyl (C=O) groups is 1. The molecule has 0 aromatic heterocycles. The number of sulfonamides is 1. The van der Waals surface area contributed by atoms with Crippen LogP contribution in [0.4, 0.5) is 5.69 Å². The summed E-state index contributed by atoms with van der Waals surface area (Å²) in [4.78, 5) is 12.1. The molecule has 4 N–H and O–H groups in total. The maximum absolute atomic E-state index is 12.1. The highest BCUT2D eigenvalue weighted by molar-refractivity contribution is 7.89. The van der Waals surface area contributed by atoms with Crippen LogP contribution in [0.2, 0.25) is 5.02 Å². The maximum Gasteiger partial charge on any atom is 0.267 e. The summed E-state index contributed by atoms with van der Waals surface area (Å²) >= 11 is 5.96. The SMILES string of the molecule is N#C/C(=C/NCc1ccc(S(N)(=O)=O)cc1)C(=O)Nc1ccccc1Cl. The molecule has 2 aromatic rings. The van der Waals surface area contributed by atoms with Crippen molar-refractivity contribution >= 4 is 33.2 Å². The average Bonchev–Trinajstić information content (AvgIpc) is 2.60. The summed E-state index contributed by atoms with van der Waals surface area (Å²) in [7, 11) is -3.74. The van der Waals surface area contributed by atoms with Gasteiger partial charge in [-0.05, 0) is 29.8 Å². The summed E-state index contributed by atoms with van der Waals surface area (Å²) in [6, 6.07) is 14.4.